The summed E-state index contributed by atoms with van der Waals surface area (Å²) < 4.78 is 0. The van der Waals surface area contributed by atoms with E-state index >= 15 is 0 Å². The van der Waals surface area contributed by atoms with Crippen LogP contribution in [-0.2, 0) is 0 Å². The van der Waals surface area contributed by atoms with Gasteiger partial charge in [-0.1, -0.05) is 59.8 Å². The highest BCUT2D eigenvalue weighted by Crippen LogP contribution is 2.68. The van der Waals surface area contributed by atoms with Gasteiger partial charge in [0.05, 0.1) is 6.10 Å². The number of aliphatic hydroxyl groups is 1. The minimum atomic E-state index is -0.0000651. The van der Waals surface area contributed by atoms with Gasteiger partial charge in [-0.2, -0.15) is 0 Å². The van der Waals surface area contributed by atoms with Crippen molar-refractivity contribution in [3.05, 3.63) is 0 Å². The minimum Gasteiger partial charge on any atom is -0.393 e. The molecule has 5 aliphatic carbocycles. The van der Waals surface area contributed by atoms with Crippen molar-refractivity contribution in [1.29, 1.82) is 0 Å². The molecule has 1 heteroatoms. The van der Waals surface area contributed by atoms with Crippen LogP contribution in [0.2, 0.25) is 0 Å². The van der Waals surface area contributed by atoms with Crippen LogP contribution in [-0.4, -0.2) is 11.2 Å². The molecule has 0 bridgehead atoms. The van der Waals surface area contributed by atoms with Crippen LogP contribution in [0.5, 0.6) is 0 Å². The van der Waals surface area contributed by atoms with Gasteiger partial charge in [0, 0.05) is 0 Å². The van der Waals surface area contributed by atoms with Gasteiger partial charge in [0.25, 0.3) is 0 Å². The second kappa shape index (κ2) is 8.84. The molecule has 0 aromatic rings. The predicted molar refractivity (Wildman–Crippen MR) is 124 cm³/mol. The molecule has 8 atom stereocenters. The van der Waals surface area contributed by atoms with E-state index in [2.05, 4.69) is 13.8 Å². The van der Waals surface area contributed by atoms with E-state index in [-0.39, 0.29) is 6.10 Å². The van der Waals surface area contributed by atoms with Crippen LogP contribution in [0, 0.1) is 46.3 Å². The molecule has 0 aromatic carbocycles. The maximum atomic E-state index is 10.2. The highest BCUT2D eigenvalue weighted by atomic mass is 16.3. The van der Waals surface area contributed by atoms with E-state index in [0.717, 1.165) is 48.3 Å². The quantitative estimate of drug-likeness (QED) is 0.507. The number of rotatable bonds is 3. The molecule has 0 saturated heterocycles. The Morgan fingerprint density at radius 2 is 1.41 bits per heavy atom. The normalized spacial score (nSPS) is 49.6. The third-order valence-electron chi connectivity index (χ3n) is 11.2. The molecular weight excluding hydrogens is 352 g/mol. The maximum absolute atomic E-state index is 10.2. The van der Waals surface area contributed by atoms with E-state index in [0.29, 0.717) is 10.8 Å². The van der Waals surface area contributed by atoms with E-state index in [1.807, 2.05) is 13.8 Å². The summed E-state index contributed by atoms with van der Waals surface area (Å²) in [4.78, 5) is 0. The minimum absolute atomic E-state index is 0.0000651. The number of aliphatic hydroxyl groups excluding tert-OH is 1. The van der Waals surface area contributed by atoms with Crippen LogP contribution < -0.4 is 0 Å². The van der Waals surface area contributed by atoms with Crippen molar-refractivity contribution in [2.75, 3.05) is 0 Å². The van der Waals surface area contributed by atoms with E-state index < -0.39 is 0 Å². The lowest BCUT2D eigenvalue weighted by molar-refractivity contribution is -0.127. The van der Waals surface area contributed by atoms with Crippen LogP contribution >= 0.6 is 0 Å². The highest BCUT2D eigenvalue weighted by Gasteiger charge is 2.59. The Bertz CT molecular complexity index is 536. The number of fused-ring (bicyclic) bond motifs is 5. The van der Waals surface area contributed by atoms with Crippen LogP contribution in [0.25, 0.3) is 0 Å². The van der Waals surface area contributed by atoms with Crippen molar-refractivity contribution in [3.63, 3.8) is 0 Å². The van der Waals surface area contributed by atoms with Gasteiger partial charge in [-0.15, -0.1) is 0 Å². The van der Waals surface area contributed by atoms with E-state index in [1.165, 1.54) is 70.6 Å². The van der Waals surface area contributed by atoms with E-state index in [4.69, 9.17) is 0 Å². The summed E-state index contributed by atoms with van der Waals surface area (Å²) in [5.41, 5.74) is 1.21. The summed E-state index contributed by atoms with van der Waals surface area (Å²) >= 11 is 0. The molecule has 5 saturated carbocycles. The molecule has 0 heterocycles. The van der Waals surface area contributed by atoms with Crippen LogP contribution in [0.1, 0.15) is 124 Å². The fraction of sp³-hybridized carbons (Fsp3) is 1.00. The molecular formula is C28H50O. The van der Waals surface area contributed by atoms with Gasteiger partial charge in [-0.3, -0.25) is 0 Å². The molecule has 1 N–H and O–H groups in total. The van der Waals surface area contributed by atoms with Crippen molar-refractivity contribution in [2.24, 2.45) is 46.3 Å². The summed E-state index contributed by atoms with van der Waals surface area (Å²) in [5, 5.41) is 10.2. The second-order valence-corrected chi connectivity index (χ2v) is 12.1. The molecule has 0 radical (unpaired) electrons. The molecule has 5 fully saturated rings. The maximum Gasteiger partial charge on any atom is 0.0543 e. The zero-order valence-electron chi connectivity index (χ0n) is 20.1. The van der Waals surface area contributed by atoms with Crippen LogP contribution in [0.15, 0.2) is 0 Å². The number of hydrogen-bond donors (Lipinski definition) is 1. The van der Waals surface area contributed by atoms with Gasteiger partial charge in [0.2, 0.25) is 0 Å². The topological polar surface area (TPSA) is 20.2 Å². The molecule has 0 aromatic heterocycles. The summed E-state index contributed by atoms with van der Waals surface area (Å²) in [6.07, 6.45) is 21.6. The van der Waals surface area contributed by atoms with Crippen molar-refractivity contribution < 1.29 is 5.11 Å². The smallest absolute Gasteiger partial charge is 0.0543 e. The Labute approximate surface area is 181 Å². The Morgan fingerprint density at radius 1 is 0.724 bits per heavy atom. The molecule has 0 spiro atoms. The summed E-state index contributed by atoms with van der Waals surface area (Å²) in [6.45, 7) is 9.36. The summed E-state index contributed by atoms with van der Waals surface area (Å²) in [7, 11) is 0. The lowest BCUT2D eigenvalue weighted by Gasteiger charge is -2.61. The summed E-state index contributed by atoms with van der Waals surface area (Å²) in [5.74, 6) is 5.92. The Hall–Kier alpha value is -0.0400. The standard InChI is InChI=1S/C26H44O.C2H6/c1-25-16-14-24-22(11-9-20-17-21(27)13-15-26(20,24)2)23(25)12-10-19(25)8-7-18-5-3-4-6-18;1-2/h18-24,27H,3-17H2,1-2H3;1-2H3/t19-,20?,21?,22?,23?,24?,25?,26?;/m0./s1. The van der Waals surface area contributed by atoms with Crippen LogP contribution in [0.3, 0.4) is 0 Å². The first-order chi connectivity index (χ1) is 14.0. The zero-order valence-corrected chi connectivity index (χ0v) is 20.1. The fourth-order valence-electron chi connectivity index (χ4n) is 9.55. The lowest BCUT2D eigenvalue weighted by Crippen LogP contribution is -2.53. The van der Waals surface area contributed by atoms with Gasteiger partial charge in [-0.05, 0) is 111 Å². The van der Waals surface area contributed by atoms with Gasteiger partial charge in [0.15, 0.2) is 0 Å². The fourth-order valence-corrected chi connectivity index (χ4v) is 9.55. The molecule has 7 unspecified atom stereocenters. The molecule has 168 valence electrons. The van der Waals surface area contributed by atoms with Crippen LogP contribution in [0.4, 0.5) is 0 Å². The SMILES string of the molecule is CC.CC12CCC(O)CC1CCC1C2CCC2(C)C1CC[C@@H]2CCC1CCCC1. The van der Waals surface area contributed by atoms with E-state index in [9.17, 15) is 5.11 Å². The molecule has 5 aliphatic rings. The number of hydrogen-bond acceptors (Lipinski definition) is 1. The third-order valence-corrected chi connectivity index (χ3v) is 11.2. The van der Waals surface area contributed by atoms with Gasteiger partial charge < -0.3 is 5.11 Å². The van der Waals surface area contributed by atoms with Gasteiger partial charge in [-0.25, -0.2) is 0 Å². The monoisotopic (exact) mass is 402 g/mol. The van der Waals surface area contributed by atoms with Crippen molar-refractivity contribution in [1.82, 2.24) is 0 Å². The Balaban J connectivity index is 0.000000994. The Kier molecular flexibility index (Phi) is 6.75. The van der Waals surface area contributed by atoms with Crippen molar-refractivity contribution in [3.8, 4) is 0 Å². The van der Waals surface area contributed by atoms with Gasteiger partial charge in [0.1, 0.15) is 0 Å². The predicted octanol–water partition coefficient (Wildman–Crippen LogP) is 8.00. The van der Waals surface area contributed by atoms with Gasteiger partial charge >= 0.3 is 0 Å². The second-order valence-electron chi connectivity index (χ2n) is 12.1. The van der Waals surface area contributed by atoms with Crippen molar-refractivity contribution in [2.45, 2.75) is 130 Å². The summed E-state index contributed by atoms with van der Waals surface area (Å²) in [6, 6.07) is 0. The van der Waals surface area contributed by atoms with E-state index in [1.54, 1.807) is 12.8 Å². The first-order valence-corrected chi connectivity index (χ1v) is 13.7. The average Bonchev–Trinajstić information content (AvgIpc) is 3.36. The Morgan fingerprint density at radius 3 is 2.17 bits per heavy atom. The highest BCUT2D eigenvalue weighted by molar-refractivity contribution is 5.09. The molecule has 29 heavy (non-hydrogen) atoms. The largest absolute Gasteiger partial charge is 0.393 e. The molecule has 1 nitrogen and oxygen atoms in total. The first kappa shape index (κ1) is 22.2. The average molecular weight is 403 g/mol. The first-order valence-electron chi connectivity index (χ1n) is 13.7. The third kappa shape index (κ3) is 3.85. The molecule has 0 amide bonds. The molecule has 5 rings (SSSR count). The van der Waals surface area contributed by atoms with Crippen molar-refractivity contribution >= 4 is 0 Å². The molecule has 0 aliphatic heterocycles. The zero-order chi connectivity index (χ0) is 20.6. The lowest BCUT2D eigenvalue weighted by atomic mass is 9.44.